The number of esters is 1. The van der Waals surface area contributed by atoms with Gasteiger partial charge in [0.2, 0.25) is 0 Å². The average molecular weight is 456 g/mol. The van der Waals surface area contributed by atoms with E-state index in [0.717, 1.165) is 21.6 Å². The molecule has 1 aliphatic heterocycles. The topological polar surface area (TPSA) is 107 Å². The van der Waals surface area contributed by atoms with Crippen molar-refractivity contribution in [2.75, 3.05) is 19.7 Å². The van der Waals surface area contributed by atoms with Gasteiger partial charge in [0.1, 0.15) is 11.3 Å². The number of fused-ring (bicyclic) bond motifs is 1. The number of nitrogens with zero attached hydrogens (tertiary/aromatic N) is 3. The maximum atomic E-state index is 12.3. The third kappa shape index (κ3) is 4.31. The van der Waals surface area contributed by atoms with Crippen LogP contribution in [0.25, 0.3) is 34.2 Å². The van der Waals surface area contributed by atoms with E-state index in [1.165, 1.54) is 6.08 Å². The minimum absolute atomic E-state index is 0.255. The van der Waals surface area contributed by atoms with E-state index in [2.05, 4.69) is 10.4 Å². The first-order valence-corrected chi connectivity index (χ1v) is 10.7. The molecule has 1 aliphatic rings. The predicted molar refractivity (Wildman–Crippen MR) is 124 cm³/mol. The summed E-state index contributed by atoms with van der Waals surface area (Å²) in [5, 5.41) is 8.13. The molecule has 0 unspecified atom stereocenters. The third-order valence-corrected chi connectivity index (χ3v) is 5.32. The first-order valence-electron chi connectivity index (χ1n) is 10.7. The van der Waals surface area contributed by atoms with E-state index in [9.17, 15) is 14.4 Å². The molecule has 9 nitrogen and oxygen atoms in total. The Bertz CT molecular complexity index is 1370. The Balaban J connectivity index is 1.39. The number of nitrogens with one attached hydrogen (secondary N) is 1. The van der Waals surface area contributed by atoms with Gasteiger partial charge in [0.25, 0.3) is 5.91 Å². The lowest BCUT2D eigenvalue weighted by molar-refractivity contribution is -0.146. The molecule has 3 heterocycles. The minimum atomic E-state index is -0.712. The Morgan fingerprint density at radius 2 is 1.91 bits per heavy atom. The zero-order chi connectivity index (χ0) is 23.5. The van der Waals surface area contributed by atoms with Crippen LogP contribution in [-0.2, 0) is 14.3 Å². The van der Waals surface area contributed by atoms with Crippen molar-refractivity contribution in [2.24, 2.45) is 0 Å². The fraction of sp³-hybridized carbons (Fsp3) is 0.120. The van der Waals surface area contributed by atoms with Gasteiger partial charge in [-0.2, -0.15) is 5.10 Å². The van der Waals surface area contributed by atoms with E-state index >= 15 is 0 Å². The monoisotopic (exact) mass is 456 g/mol. The van der Waals surface area contributed by atoms with Crippen LogP contribution in [0.5, 0.6) is 0 Å². The van der Waals surface area contributed by atoms with Gasteiger partial charge in [-0.25, -0.2) is 14.3 Å². The van der Waals surface area contributed by atoms with Crippen LogP contribution >= 0.6 is 0 Å². The summed E-state index contributed by atoms with van der Waals surface area (Å²) in [6.45, 7) is 0.120. The fourth-order valence-corrected chi connectivity index (χ4v) is 3.64. The molecule has 1 N–H and O–H groups in total. The molecule has 4 aromatic rings. The molecule has 0 atom stereocenters. The number of amides is 3. The van der Waals surface area contributed by atoms with Gasteiger partial charge in [0, 0.05) is 36.3 Å². The second kappa shape index (κ2) is 9.07. The van der Waals surface area contributed by atoms with Crippen molar-refractivity contribution in [3.8, 4) is 17.1 Å². The highest BCUT2D eigenvalue weighted by Crippen LogP contribution is 2.30. The summed E-state index contributed by atoms with van der Waals surface area (Å²) in [6, 6.07) is 18.6. The summed E-state index contributed by atoms with van der Waals surface area (Å²) in [5.74, 6) is -0.730. The highest BCUT2D eigenvalue weighted by atomic mass is 16.5. The van der Waals surface area contributed by atoms with Gasteiger partial charge >= 0.3 is 12.0 Å². The van der Waals surface area contributed by atoms with E-state index in [1.807, 2.05) is 60.7 Å². The Morgan fingerprint density at radius 1 is 1.12 bits per heavy atom. The van der Waals surface area contributed by atoms with E-state index in [1.54, 1.807) is 17.0 Å². The number of imide groups is 1. The SMILES string of the molecule is O=C(/C=C/c1cn(-c2ccccc2)nc1-c1cc2ccccc2o1)OCC(=O)N1CCNC1=O. The molecule has 0 saturated carbocycles. The lowest BCUT2D eigenvalue weighted by atomic mass is 10.2. The van der Waals surface area contributed by atoms with Crippen LogP contribution in [0, 0.1) is 0 Å². The molecule has 2 aromatic carbocycles. The molecule has 0 spiro atoms. The Morgan fingerprint density at radius 3 is 2.68 bits per heavy atom. The largest absolute Gasteiger partial charge is 0.454 e. The number of rotatable bonds is 6. The van der Waals surface area contributed by atoms with Crippen LogP contribution in [0.1, 0.15) is 5.56 Å². The highest BCUT2D eigenvalue weighted by molar-refractivity contribution is 5.98. The summed E-state index contributed by atoms with van der Waals surface area (Å²) >= 11 is 0. The molecule has 0 bridgehead atoms. The number of benzene rings is 2. The first-order chi connectivity index (χ1) is 16.6. The number of urea groups is 1. The van der Waals surface area contributed by atoms with Gasteiger partial charge in [-0.1, -0.05) is 36.4 Å². The van der Waals surface area contributed by atoms with E-state index in [4.69, 9.17) is 9.15 Å². The van der Waals surface area contributed by atoms with Crippen LogP contribution in [0.3, 0.4) is 0 Å². The van der Waals surface area contributed by atoms with E-state index in [0.29, 0.717) is 23.6 Å². The molecular weight excluding hydrogens is 436 g/mol. The van der Waals surface area contributed by atoms with Gasteiger partial charge in [-0.15, -0.1) is 0 Å². The minimum Gasteiger partial charge on any atom is -0.454 e. The Hall–Kier alpha value is -4.66. The standard InChI is InChI=1S/C25H20N4O5/c30-22(28-13-12-26-25(28)32)16-33-23(31)11-10-18-15-29(19-7-2-1-3-8-19)27-24(18)21-14-17-6-4-5-9-20(17)34-21/h1-11,14-15H,12-13,16H2,(H,26,32)/b11-10+. The van der Waals surface area contributed by atoms with Crippen LogP contribution < -0.4 is 5.32 Å². The van der Waals surface area contributed by atoms with Gasteiger partial charge in [0.15, 0.2) is 12.4 Å². The van der Waals surface area contributed by atoms with Crippen LogP contribution in [0.4, 0.5) is 4.79 Å². The van der Waals surface area contributed by atoms with Crippen molar-refractivity contribution in [1.82, 2.24) is 20.0 Å². The van der Waals surface area contributed by atoms with Crippen LogP contribution in [0.15, 0.2) is 77.4 Å². The smallest absolute Gasteiger partial charge is 0.331 e. The van der Waals surface area contributed by atoms with Crippen molar-refractivity contribution in [3.63, 3.8) is 0 Å². The number of para-hydroxylation sites is 2. The zero-order valence-electron chi connectivity index (χ0n) is 18.0. The lowest BCUT2D eigenvalue weighted by Crippen LogP contribution is -2.37. The van der Waals surface area contributed by atoms with Crippen molar-refractivity contribution >= 4 is 35.0 Å². The second-order valence-electron chi connectivity index (χ2n) is 7.58. The predicted octanol–water partition coefficient (Wildman–Crippen LogP) is 3.39. The molecule has 5 rings (SSSR count). The average Bonchev–Trinajstić information content (AvgIpc) is 3.59. The molecule has 3 amide bonds. The zero-order valence-corrected chi connectivity index (χ0v) is 18.0. The molecule has 34 heavy (non-hydrogen) atoms. The van der Waals surface area contributed by atoms with Crippen molar-refractivity contribution in [2.45, 2.75) is 0 Å². The van der Waals surface area contributed by atoms with Gasteiger partial charge in [0.05, 0.1) is 5.69 Å². The number of furan rings is 1. The number of hydrogen-bond acceptors (Lipinski definition) is 6. The summed E-state index contributed by atoms with van der Waals surface area (Å²) in [6.07, 6.45) is 4.56. The summed E-state index contributed by atoms with van der Waals surface area (Å²) in [7, 11) is 0. The summed E-state index contributed by atoms with van der Waals surface area (Å²) in [5.41, 5.74) is 2.75. The van der Waals surface area contributed by atoms with E-state index in [-0.39, 0.29) is 6.54 Å². The number of ether oxygens (including phenoxy) is 1. The quantitative estimate of drug-likeness (QED) is 0.352. The number of hydrogen-bond donors (Lipinski definition) is 1. The Labute approximate surface area is 194 Å². The molecule has 0 aliphatic carbocycles. The fourth-order valence-electron chi connectivity index (χ4n) is 3.64. The van der Waals surface area contributed by atoms with Crippen molar-refractivity contribution in [1.29, 1.82) is 0 Å². The van der Waals surface area contributed by atoms with E-state index < -0.39 is 24.5 Å². The van der Waals surface area contributed by atoms with Crippen LogP contribution in [-0.4, -0.2) is 52.3 Å². The molecule has 1 fully saturated rings. The summed E-state index contributed by atoms with van der Waals surface area (Å²) in [4.78, 5) is 36.9. The molecule has 1 saturated heterocycles. The number of aromatic nitrogens is 2. The number of carbonyl (C=O) groups excluding carboxylic acids is 3. The maximum Gasteiger partial charge on any atom is 0.331 e. The molecule has 2 aromatic heterocycles. The maximum absolute atomic E-state index is 12.3. The van der Waals surface area contributed by atoms with Gasteiger partial charge in [-0.3, -0.25) is 9.69 Å². The Kier molecular flexibility index (Phi) is 5.65. The van der Waals surface area contributed by atoms with Crippen molar-refractivity contribution in [3.05, 3.63) is 78.5 Å². The first kappa shape index (κ1) is 21.2. The molecular formula is C25H20N4O5. The second-order valence-corrected chi connectivity index (χ2v) is 7.58. The van der Waals surface area contributed by atoms with Gasteiger partial charge < -0.3 is 14.5 Å². The van der Waals surface area contributed by atoms with Gasteiger partial charge in [-0.05, 0) is 30.3 Å². The molecule has 0 radical (unpaired) electrons. The number of carbonyl (C=O) groups is 3. The lowest BCUT2D eigenvalue weighted by Gasteiger charge is -2.11. The highest BCUT2D eigenvalue weighted by Gasteiger charge is 2.26. The summed E-state index contributed by atoms with van der Waals surface area (Å²) < 4.78 is 12.7. The van der Waals surface area contributed by atoms with Crippen LogP contribution in [0.2, 0.25) is 0 Å². The molecule has 170 valence electrons. The molecule has 9 heteroatoms. The normalized spacial score (nSPS) is 13.5. The van der Waals surface area contributed by atoms with Crippen molar-refractivity contribution < 1.29 is 23.5 Å². The third-order valence-electron chi connectivity index (χ3n) is 5.32.